The van der Waals surface area contributed by atoms with Gasteiger partial charge in [-0.1, -0.05) is 18.2 Å². The Kier molecular flexibility index (Phi) is 13.5. The van der Waals surface area contributed by atoms with Gasteiger partial charge in [0.05, 0.1) is 19.3 Å². The normalized spacial score (nSPS) is 14.4. The Balaban J connectivity index is 2.00. The number of carbonyl (C=O) groups is 5. The summed E-state index contributed by atoms with van der Waals surface area (Å²) in [6.45, 7) is 1.32. The van der Waals surface area contributed by atoms with E-state index in [0.717, 1.165) is 15.8 Å². The molecule has 2 aromatic rings. The highest BCUT2D eigenvalue weighted by molar-refractivity contribution is 5.94. The predicted molar refractivity (Wildman–Crippen MR) is 160 cm³/mol. The SMILES string of the molecule is C[C@H](NC(=O)[C@H](CO)NC(=O)CN(CCCN=C(N)N)C(=O)[C@@H](N)[C@@H](C)O)C(=O)N[C@@H](Cc1c[nH]c2ccccc12)C(=O)O. The molecule has 0 spiro atoms. The van der Waals surface area contributed by atoms with Crippen LogP contribution >= 0.6 is 0 Å². The number of nitrogens with two attached hydrogens (primary N) is 3. The van der Waals surface area contributed by atoms with Crippen molar-refractivity contribution in [3.63, 3.8) is 0 Å². The monoisotopic (exact) mass is 619 g/mol. The number of carboxylic acids is 1. The van der Waals surface area contributed by atoms with E-state index < -0.39 is 73.0 Å². The molecule has 242 valence electrons. The van der Waals surface area contributed by atoms with Crippen LogP contribution in [0.4, 0.5) is 0 Å². The van der Waals surface area contributed by atoms with Gasteiger partial charge >= 0.3 is 5.97 Å². The van der Waals surface area contributed by atoms with E-state index in [2.05, 4.69) is 25.9 Å². The maximum atomic E-state index is 12.8. The first-order chi connectivity index (χ1) is 20.7. The van der Waals surface area contributed by atoms with Crippen LogP contribution in [0.3, 0.4) is 0 Å². The Morgan fingerprint density at radius 1 is 1.02 bits per heavy atom. The van der Waals surface area contributed by atoms with Gasteiger partial charge in [0.2, 0.25) is 23.6 Å². The molecule has 0 radical (unpaired) electrons. The van der Waals surface area contributed by atoms with Crippen molar-refractivity contribution in [3.8, 4) is 0 Å². The number of aromatic amines is 1. The lowest BCUT2D eigenvalue weighted by atomic mass is 10.0. The summed E-state index contributed by atoms with van der Waals surface area (Å²) in [5.74, 6) is -4.76. The fourth-order valence-electron chi connectivity index (χ4n) is 4.16. The quantitative estimate of drug-likeness (QED) is 0.0470. The molecule has 0 aliphatic rings. The number of rotatable bonds is 17. The zero-order chi connectivity index (χ0) is 33.0. The number of benzene rings is 1. The number of aliphatic hydroxyl groups is 2. The van der Waals surface area contributed by atoms with E-state index in [-0.39, 0.29) is 31.9 Å². The predicted octanol–water partition coefficient (Wildman–Crippen LogP) is -3.54. The zero-order valence-electron chi connectivity index (χ0n) is 24.5. The Morgan fingerprint density at radius 2 is 1.70 bits per heavy atom. The Morgan fingerprint density at radius 3 is 2.32 bits per heavy atom. The number of hydrogen-bond acceptors (Lipinski definition) is 9. The van der Waals surface area contributed by atoms with E-state index in [4.69, 9.17) is 17.2 Å². The van der Waals surface area contributed by atoms with Crippen molar-refractivity contribution < 1.29 is 39.3 Å². The lowest BCUT2D eigenvalue weighted by Gasteiger charge is -2.27. The van der Waals surface area contributed by atoms with Crippen molar-refractivity contribution in [1.29, 1.82) is 0 Å². The molecule has 1 heterocycles. The molecular formula is C27H41N9O8. The van der Waals surface area contributed by atoms with Gasteiger partial charge in [-0.25, -0.2) is 4.79 Å². The number of nitrogens with zero attached hydrogens (tertiary/aromatic N) is 2. The van der Waals surface area contributed by atoms with Crippen molar-refractivity contribution >= 4 is 46.5 Å². The number of aliphatic hydroxyl groups excluding tert-OH is 2. The van der Waals surface area contributed by atoms with Crippen LogP contribution in [0.2, 0.25) is 0 Å². The minimum Gasteiger partial charge on any atom is -0.480 e. The number of carbonyl (C=O) groups excluding carboxylic acids is 4. The first-order valence-corrected chi connectivity index (χ1v) is 13.8. The molecule has 1 aromatic carbocycles. The minimum atomic E-state index is -1.51. The van der Waals surface area contributed by atoms with Crippen LogP contribution < -0.4 is 33.2 Å². The molecule has 0 unspecified atom stereocenters. The highest BCUT2D eigenvalue weighted by Crippen LogP contribution is 2.19. The van der Waals surface area contributed by atoms with Crippen molar-refractivity contribution in [2.75, 3.05) is 26.2 Å². The molecule has 0 fully saturated rings. The van der Waals surface area contributed by atoms with Gasteiger partial charge in [-0.3, -0.25) is 24.2 Å². The zero-order valence-corrected chi connectivity index (χ0v) is 24.5. The molecule has 17 nitrogen and oxygen atoms in total. The van der Waals surface area contributed by atoms with E-state index in [9.17, 15) is 39.3 Å². The molecule has 0 saturated heterocycles. The number of aromatic nitrogens is 1. The highest BCUT2D eigenvalue weighted by Gasteiger charge is 2.30. The summed E-state index contributed by atoms with van der Waals surface area (Å²) in [5.41, 5.74) is 17.8. The summed E-state index contributed by atoms with van der Waals surface area (Å²) in [7, 11) is 0. The molecule has 2 rings (SSSR count). The maximum Gasteiger partial charge on any atom is 0.326 e. The molecule has 17 heteroatoms. The van der Waals surface area contributed by atoms with Gasteiger partial charge < -0.3 is 58.4 Å². The molecule has 13 N–H and O–H groups in total. The van der Waals surface area contributed by atoms with Crippen LogP contribution in [-0.2, 0) is 30.4 Å². The molecule has 4 amide bonds. The second-order valence-electron chi connectivity index (χ2n) is 10.2. The highest BCUT2D eigenvalue weighted by atomic mass is 16.4. The molecule has 0 saturated carbocycles. The number of carboxylic acid groups (broad SMARTS) is 1. The van der Waals surface area contributed by atoms with E-state index in [1.54, 1.807) is 12.3 Å². The van der Waals surface area contributed by atoms with E-state index in [1.165, 1.54) is 13.8 Å². The van der Waals surface area contributed by atoms with E-state index in [1.807, 2.05) is 18.2 Å². The number of H-pyrrole nitrogens is 1. The number of para-hydroxylation sites is 1. The first-order valence-electron chi connectivity index (χ1n) is 13.8. The first kappa shape index (κ1) is 35.5. The third-order valence-corrected chi connectivity index (χ3v) is 6.63. The van der Waals surface area contributed by atoms with Crippen molar-refractivity contribution in [3.05, 3.63) is 36.0 Å². The number of amides is 4. The Bertz CT molecular complexity index is 1340. The van der Waals surface area contributed by atoms with Gasteiger partial charge in [-0.15, -0.1) is 0 Å². The summed E-state index contributed by atoms with van der Waals surface area (Å²) >= 11 is 0. The second kappa shape index (κ2) is 16.8. The standard InChI is InChI=1S/C27H41N9O8/c1-14(23(40)35-19(26(43)44)10-16-11-32-18-7-4-3-6-17(16)18)33-24(41)20(13-37)34-21(39)12-36(9-5-8-31-27(29)30)25(42)22(28)15(2)38/h3-4,6-7,11,14-15,19-20,22,32,37-38H,5,8-10,12-13,28H2,1-2H3,(H,33,41)(H,34,39)(H,35,40)(H,43,44)(H4,29,30,31)/t14-,15+,19-,20-,22-/m0/s1. The number of aliphatic carboxylic acids is 1. The lowest BCUT2D eigenvalue weighted by Crippen LogP contribution is -2.57. The molecule has 0 aliphatic heterocycles. The second-order valence-corrected chi connectivity index (χ2v) is 10.2. The van der Waals surface area contributed by atoms with Crippen LogP contribution in [0.1, 0.15) is 25.8 Å². The van der Waals surface area contributed by atoms with Crippen LogP contribution in [-0.4, -0.2) is 117 Å². The summed E-state index contributed by atoms with van der Waals surface area (Å²) in [4.78, 5) is 70.8. The number of fused-ring (bicyclic) bond motifs is 1. The topological polar surface area (TPSA) is 292 Å². The molecule has 5 atom stereocenters. The Labute approximate surface area is 253 Å². The van der Waals surface area contributed by atoms with Gasteiger partial charge in [0.1, 0.15) is 24.2 Å². The third-order valence-electron chi connectivity index (χ3n) is 6.63. The maximum absolute atomic E-state index is 12.8. The lowest BCUT2D eigenvalue weighted by molar-refractivity contribution is -0.142. The van der Waals surface area contributed by atoms with Crippen LogP contribution in [0, 0.1) is 0 Å². The average molecular weight is 620 g/mol. The van der Waals surface area contributed by atoms with Crippen LogP contribution in [0.5, 0.6) is 0 Å². The average Bonchev–Trinajstić information content (AvgIpc) is 3.38. The number of guanidine groups is 1. The van der Waals surface area contributed by atoms with Gasteiger partial charge in [-0.05, 0) is 31.9 Å². The van der Waals surface area contributed by atoms with Gasteiger partial charge in [-0.2, -0.15) is 0 Å². The van der Waals surface area contributed by atoms with Gasteiger partial charge in [0.15, 0.2) is 5.96 Å². The van der Waals surface area contributed by atoms with Crippen molar-refractivity contribution in [1.82, 2.24) is 25.8 Å². The van der Waals surface area contributed by atoms with Crippen molar-refractivity contribution in [2.45, 2.75) is 57.0 Å². The molecule has 1 aromatic heterocycles. The summed E-state index contributed by atoms with van der Waals surface area (Å²) in [6, 6.07) is 1.89. The van der Waals surface area contributed by atoms with Crippen LogP contribution in [0.25, 0.3) is 10.9 Å². The smallest absolute Gasteiger partial charge is 0.326 e. The third kappa shape index (κ3) is 10.5. The minimum absolute atomic E-state index is 0.0139. The van der Waals surface area contributed by atoms with Gasteiger partial charge in [0, 0.05) is 36.6 Å². The summed E-state index contributed by atoms with van der Waals surface area (Å²) in [5, 5.41) is 37.0. The van der Waals surface area contributed by atoms with Crippen molar-refractivity contribution in [2.24, 2.45) is 22.2 Å². The number of aliphatic imine (C=N–C) groups is 1. The largest absolute Gasteiger partial charge is 0.480 e. The number of hydrogen-bond donors (Lipinski definition) is 10. The summed E-state index contributed by atoms with van der Waals surface area (Å²) in [6.07, 6.45) is 0.666. The molecule has 44 heavy (non-hydrogen) atoms. The molecule has 0 aliphatic carbocycles. The fourth-order valence-corrected chi connectivity index (χ4v) is 4.16. The molecular weight excluding hydrogens is 578 g/mol. The number of nitrogens with one attached hydrogen (secondary N) is 4. The van der Waals surface area contributed by atoms with E-state index in [0.29, 0.717) is 5.56 Å². The van der Waals surface area contributed by atoms with Crippen LogP contribution in [0.15, 0.2) is 35.5 Å². The molecule has 0 bridgehead atoms. The van der Waals surface area contributed by atoms with E-state index >= 15 is 0 Å². The Hall–Kier alpha value is -4.74. The van der Waals surface area contributed by atoms with Gasteiger partial charge in [0.25, 0.3) is 0 Å². The fraction of sp³-hybridized carbons (Fsp3) is 0.481. The summed E-state index contributed by atoms with van der Waals surface area (Å²) < 4.78 is 0.